The summed E-state index contributed by atoms with van der Waals surface area (Å²) in [7, 11) is -3.61. The van der Waals surface area contributed by atoms with Gasteiger partial charge in [0.05, 0.1) is 5.69 Å². The molecule has 0 aliphatic heterocycles. The second-order valence-corrected chi connectivity index (χ2v) is 7.85. The zero-order valence-corrected chi connectivity index (χ0v) is 13.5. The first kappa shape index (κ1) is 15.3. The fourth-order valence-corrected chi connectivity index (χ4v) is 4.50. The van der Waals surface area contributed by atoms with Gasteiger partial charge in [0, 0.05) is 16.4 Å². The Bertz CT molecular complexity index is 739. The van der Waals surface area contributed by atoms with E-state index in [2.05, 4.69) is 4.72 Å². The van der Waals surface area contributed by atoms with Gasteiger partial charge in [-0.25, -0.2) is 8.42 Å². The first-order valence-corrected chi connectivity index (χ1v) is 8.60. The van der Waals surface area contributed by atoms with Crippen LogP contribution in [0.5, 0.6) is 0 Å². The summed E-state index contributed by atoms with van der Waals surface area (Å²) in [6.07, 6.45) is 0. The molecule has 7 heteroatoms. The normalized spacial score (nSPS) is 11.6. The fraction of sp³-hybridized carbons (Fsp3) is 0.231. The van der Waals surface area contributed by atoms with Gasteiger partial charge in [0.25, 0.3) is 10.0 Å². The third-order valence-corrected chi connectivity index (χ3v) is 6.47. The monoisotopic (exact) mass is 330 g/mol. The Morgan fingerprint density at radius 3 is 2.65 bits per heavy atom. The third-order valence-electron chi connectivity index (χ3n) is 2.96. The van der Waals surface area contributed by atoms with Gasteiger partial charge in [-0.1, -0.05) is 17.7 Å². The van der Waals surface area contributed by atoms with Crippen LogP contribution in [0.1, 0.15) is 16.0 Å². The molecule has 4 nitrogen and oxygen atoms in total. The van der Waals surface area contributed by atoms with Crippen LogP contribution in [0.3, 0.4) is 0 Å². The van der Waals surface area contributed by atoms with Crippen LogP contribution in [0.25, 0.3) is 0 Å². The molecule has 1 aromatic heterocycles. The molecule has 0 spiro atoms. The molecule has 0 radical (unpaired) electrons. The van der Waals surface area contributed by atoms with Crippen molar-refractivity contribution < 1.29 is 8.42 Å². The van der Waals surface area contributed by atoms with Crippen LogP contribution in [0.15, 0.2) is 28.5 Å². The van der Waals surface area contributed by atoms with Crippen LogP contribution < -0.4 is 10.5 Å². The number of halogens is 1. The summed E-state index contributed by atoms with van der Waals surface area (Å²) in [4.78, 5) is 0.869. The summed E-state index contributed by atoms with van der Waals surface area (Å²) >= 11 is 7.18. The minimum Gasteiger partial charge on any atom is -0.326 e. The zero-order chi connectivity index (χ0) is 14.9. The Labute approximate surface area is 127 Å². The molecule has 3 N–H and O–H groups in total. The number of sulfonamides is 1. The molecule has 1 heterocycles. The minimum atomic E-state index is -3.61. The van der Waals surface area contributed by atoms with E-state index in [1.165, 1.54) is 11.3 Å². The van der Waals surface area contributed by atoms with E-state index in [1.807, 2.05) is 6.92 Å². The molecular formula is C13H15ClN2O2S2. The maximum atomic E-state index is 12.4. The number of anilines is 1. The van der Waals surface area contributed by atoms with Gasteiger partial charge in [0.2, 0.25) is 0 Å². The molecule has 0 saturated heterocycles. The van der Waals surface area contributed by atoms with Crippen molar-refractivity contribution in [1.82, 2.24) is 0 Å². The van der Waals surface area contributed by atoms with Crippen LogP contribution >= 0.6 is 22.9 Å². The molecule has 108 valence electrons. The number of hydrogen-bond donors (Lipinski definition) is 2. The average Bonchev–Trinajstić information content (AvgIpc) is 2.77. The van der Waals surface area contributed by atoms with E-state index < -0.39 is 10.0 Å². The van der Waals surface area contributed by atoms with Gasteiger partial charge >= 0.3 is 0 Å². The summed E-state index contributed by atoms with van der Waals surface area (Å²) in [6, 6.07) is 6.74. The number of benzene rings is 1. The first-order valence-electron chi connectivity index (χ1n) is 5.92. The van der Waals surface area contributed by atoms with Gasteiger partial charge in [-0.3, -0.25) is 4.72 Å². The highest BCUT2D eigenvalue weighted by molar-refractivity contribution is 7.94. The lowest BCUT2D eigenvalue weighted by Crippen LogP contribution is -2.12. The quantitative estimate of drug-likeness (QED) is 0.903. The molecule has 0 unspecified atom stereocenters. The van der Waals surface area contributed by atoms with Crippen molar-refractivity contribution in [3.63, 3.8) is 0 Å². The number of hydrogen-bond acceptors (Lipinski definition) is 4. The summed E-state index contributed by atoms with van der Waals surface area (Å²) in [6.45, 7) is 3.95. The topological polar surface area (TPSA) is 72.2 Å². The molecular weight excluding hydrogens is 316 g/mol. The Hall–Kier alpha value is -1.08. The number of nitrogens with two attached hydrogens (primary N) is 1. The van der Waals surface area contributed by atoms with E-state index in [0.29, 0.717) is 22.8 Å². The molecule has 2 rings (SSSR count). The number of nitrogens with one attached hydrogen (secondary N) is 1. The lowest BCUT2D eigenvalue weighted by Gasteiger charge is -2.10. The Morgan fingerprint density at radius 1 is 1.35 bits per heavy atom. The maximum absolute atomic E-state index is 12.4. The smallest absolute Gasteiger partial charge is 0.271 e. The molecule has 20 heavy (non-hydrogen) atoms. The lowest BCUT2D eigenvalue weighted by molar-refractivity contribution is 0.603. The highest BCUT2D eigenvalue weighted by Crippen LogP contribution is 2.29. The first-order chi connectivity index (χ1) is 9.35. The second kappa shape index (κ2) is 5.73. The predicted molar refractivity (Wildman–Crippen MR) is 83.9 cm³/mol. The summed E-state index contributed by atoms with van der Waals surface area (Å²) in [5.41, 5.74) is 7.65. The van der Waals surface area contributed by atoms with Crippen molar-refractivity contribution in [3.8, 4) is 0 Å². The molecule has 0 fully saturated rings. The number of aryl methyl sites for hydroxylation is 1. The second-order valence-electron chi connectivity index (χ2n) is 4.39. The standard InChI is InChI=1S/C13H15ClN2O2S2/c1-8-6-13(19-12(8)7-15)20(17,18)16-11-5-3-4-10(14)9(11)2/h3-6,16H,7,15H2,1-2H3. The van der Waals surface area contributed by atoms with Crippen LogP contribution in [0.2, 0.25) is 5.02 Å². The Kier molecular flexibility index (Phi) is 4.39. The maximum Gasteiger partial charge on any atom is 0.271 e. The van der Waals surface area contributed by atoms with E-state index in [1.54, 1.807) is 31.2 Å². The largest absolute Gasteiger partial charge is 0.326 e. The molecule has 2 aromatic rings. The third kappa shape index (κ3) is 2.98. The van der Waals surface area contributed by atoms with Gasteiger partial charge in [0.1, 0.15) is 4.21 Å². The Morgan fingerprint density at radius 2 is 2.05 bits per heavy atom. The molecule has 0 saturated carbocycles. The van der Waals surface area contributed by atoms with Crippen LogP contribution in [-0.4, -0.2) is 8.42 Å². The summed E-state index contributed by atoms with van der Waals surface area (Å²) in [5.74, 6) is 0. The minimum absolute atomic E-state index is 0.259. The van der Waals surface area contributed by atoms with Gasteiger partial charge in [-0.05, 0) is 43.2 Å². The number of rotatable bonds is 4. The highest BCUT2D eigenvalue weighted by atomic mass is 35.5. The average molecular weight is 331 g/mol. The van der Waals surface area contributed by atoms with E-state index in [0.717, 1.165) is 10.4 Å². The highest BCUT2D eigenvalue weighted by Gasteiger charge is 2.19. The molecule has 0 bridgehead atoms. The number of thiophene rings is 1. The summed E-state index contributed by atoms with van der Waals surface area (Å²) < 4.78 is 27.5. The van der Waals surface area contributed by atoms with Gasteiger partial charge in [-0.15, -0.1) is 11.3 Å². The van der Waals surface area contributed by atoms with Gasteiger partial charge in [0.15, 0.2) is 0 Å². The van der Waals surface area contributed by atoms with Crippen molar-refractivity contribution in [2.45, 2.75) is 24.6 Å². The molecule has 0 amide bonds. The van der Waals surface area contributed by atoms with Crippen LogP contribution in [0, 0.1) is 13.8 Å². The van der Waals surface area contributed by atoms with Crippen molar-refractivity contribution in [2.24, 2.45) is 5.73 Å². The van der Waals surface area contributed by atoms with E-state index in [-0.39, 0.29) is 4.21 Å². The SMILES string of the molecule is Cc1cc(S(=O)(=O)Nc2cccc(Cl)c2C)sc1CN. The fourth-order valence-electron chi connectivity index (χ4n) is 1.74. The van der Waals surface area contributed by atoms with Crippen molar-refractivity contribution in [1.29, 1.82) is 0 Å². The lowest BCUT2D eigenvalue weighted by atomic mass is 10.2. The van der Waals surface area contributed by atoms with Gasteiger partial charge in [-0.2, -0.15) is 0 Å². The van der Waals surface area contributed by atoms with Crippen LogP contribution in [0.4, 0.5) is 5.69 Å². The molecule has 1 aromatic carbocycles. The summed E-state index contributed by atoms with van der Waals surface area (Å²) in [5, 5.41) is 0.523. The molecule has 0 aliphatic rings. The van der Waals surface area contributed by atoms with Crippen LogP contribution in [-0.2, 0) is 16.6 Å². The van der Waals surface area contributed by atoms with Gasteiger partial charge < -0.3 is 5.73 Å². The van der Waals surface area contributed by atoms with E-state index in [9.17, 15) is 8.42 Å². The van der Waals surface area contributed by atoms with Crippen molar-refractivity contribution in [3.05, 3.63) is 45.3 Å². The van der Waals surface area contributed by atoms with Crippen molar-refractivity contribution in [2.75, 3.05) is 4.72 Å². The molecule has 0 atom stereocenters. The Balaban J connectivity index is 2.38. The molecule has 0 aliphatic carbocycles. The zero-order valence-electron chi connectivity index (χ0n) is 11.1. The van der Waals surface area contributed by atoms with E-state index in [4.69, 9.17) is 17.3 Å². The predicted octanol–water partition coefficient (Wildman–Crippen LogP) is 3.28. The van der Waals surface area contributed by atoms with E-state index >= 15 is 0 Å². The van der Waals surface area contributed by atoms with Crippen molar-refractivity contribution >= 4 is 38.6 Å².